The molecule has 0 aliphatic heterocycles. The van der Waals surface area contributed by atoms with Gasteiger partial charge in [0, 0.05) is 10.5 Å². The molecule has 0 atom stereocenters. The van der Waals surface area contributed by atoms with Crippen molar-refractivity contribution in [1.82, 2.24) is 0 Å². The fourth-order valence-corrected chi connectivity index (χ4v) is 1.81. The first-order valence-corrected chi connectivity index (χ1v) is 8.12. The second-order valence-electron chi connectivity index (χ2n) is 4.56. The molecule has 0 saturated carbocycles. The molecule has 3 heteroatoms. The van der Waals surface area contributed by atoms with Gasteiger partial charge in [0.25, 0.3) is 0 Å². The van der Waals surface area contributed by atoms with Crippen molar-refractivity contribution < 1.29 is 9.53 Å². The van der Waals surface area contributed by atoms with E-state index in [9.17, 15) is 4.79 Å². The molecule has 0 spiro atoms. The van der Waals surface area contributed by atoms with Gasteiger partial charge in [-0.15, -0.1) is 0 Å². The smallest absolute Gasteiger partial charge is 0.330 e. The first-order chi connectivity index (χ1) is 10.7. The summed E-state index contributed by atoms with van der Waals surface area (Å²) in [6.07, 6.45) is 5.18. The molecule has 0 N–H and O–H groups in total. The number of benzene rings is 2. The molecule has 0 heterocycles. The standard InChI is InChI=1S/C13H16O2.C6H5Br/c1-2-3-11-15-13(14)10-9-12-7-5-4-6-8-12;7-6-4-2-1-3-5-6/h4-10H,2-3,11H2,1H3;1-5H/b10-9+;. The fourth-order valence-electron chi connectivity index (χ4n) is 1.51. The molecule has 0 saturated heterocycles. The van der Waals surface area contributed by atoms with E-state index in [4.69, 9.17) is 4.74 Å². The van der Waals surface area contributed by atoms with Crippen LogP contribution in [0.4, 0.5) is 0 Å². The highest BCUT2D eigenvalue weighted by Gasteiger charge is 1.95. The number of hydrogen-bond acceptors (Lipinski definition) is 2. The Bertz CT molecular complexity index is 550. The van der Waals surface area contributed by atoms with E-state index in [0.29, 0.717) is 6.61 Å². The Morgan fingerprint density at radius 1 is 1.05 bits per heavy atom. The highest BCUT2D eigenvalue weighted by Crippen LogP contribution is 2.05. The van der Waals surface area contributed by atoms with Gasteiger partial charge in [-0.2, -0.15) is 0 Å². The van der Waals surface area contributed by atoms with E-state index in [2.05, 4.69) is 22.9 Å². The third kappa shape index (κ3) is 9.14. The highest BCUT2D eigenvalue weighted by molar-refractivity contribution is 9.10. The van der Waals surface area contributed by atoms with Crippen molar-refractivity contribution >= 4 is 28.0 Å². The summed E-state index contributed by atoms with van der Waals surface area (Å²) >= 11 is 3.31. The summed E-state index contributed by atoms with van der Waals surface area (Å²) in [5.41, 5.74) is 1.00. The number of unbranched alkanes of at least 4 members (excludes halogenated alkanes) is 1. The first kappa shape index (κ1) is 18.2. The van der Waals surface area contributed by atoms with Crippen molar-refractivity contribution in [2.75, 3.05) is 6.61 Å². The first-order valence-electron chi connectivity index (χ1n) is 7.33. The topological polar surface area (TPSA) is 26.3 Å². The Morgan fingerprint density at radius 2 is 1.64 bits per heavy atom. The summed E-state index contributed by atoms with van der Waals surface area (Å²) in [4.78, 5) is 11.2. The molecule has 0 radical (unpaired) electrons. The van der Waals surface area contributed by atoms with Crippen molar-refractivity contribution in [3.05, 3.63) is 76.8 Å². The van der Waals surface area contributed by atoms with Crippen LogP contribution in [0.1, 0.15) is 25.3 Å². The molecule has 2 aromatic carbocycles. The second-order valence-corrected chi connectivity index (χ2v) is 5.48. The van der Waals surface area contributed by atoms with Gasteiger partial charge >= 0.3 is 5.97 Å². The predicted molar refractivity (Wildman–Crippen MR) is 95.5 cm³/mol. The van der Waals surface area contributed by atoms with Crippen molar-refractivity contribution in [1.29, 1.82) is 0 Å². The molecule has 2 nitrogen and oxygen atoms in total. The van der Waals surface area contributed by atoms with Gasteiger partial charge in [0.1, 0.15) is 0 Å². The molecular formula is C19H21BrO2. The van der Waals surface area contributed by atoms with Crippen LogP contribution in [0.2, 0.25) is 0 Å². The molecule has 0 unspecified atom stereocenters. The molecule has 0 aliphatic rings. The second kappa shape index (κ2) is 11.8. The van der Waals surface area contributed by atoms with Gasteiger partial charge in [-0.25, -0.2) is 4.79 Å². The summed E-state index contributed by atoms with van der Waals surface area (Å²) in [6.45, 7) is 2.57. The fraction of sp³-hybridized carbons (Fsp3) is 0.211. The lowest BCUT2D eigenvalue weighted by atomic mass is 10.2. The molecule has 2 aromatic rings. The molecule has 2 rings (SSSR count). The van der Waals surface area contributed by atoms with Crippen LogP contribution in [0.25, 0.3) is 6.08 Å². The monoisotopic (exact) mass is 360 g/mol. The summed E-state index contributed by atoms with van der Waals surface area (Å²) in [5, 5.41) is 0. The van der Waals surface area contributed by atoms with Crippen LogP contribution >= 0.6 is 15.9 Å². The Hall–Kier alpha value is -1.87. The van der Waals surface area contributed by atoms with Crippen molar-refractivity contribution in [3.8, 4) is 0 Å². The number of carbonyl (C=O) groups is 1. The number of hydrogen-bond donors (Lipinski definition) is 0. The number of rotatable bonds is 5. The van der Waals surface area contributed by atoms with Gasteiger partial charge in [0.05, 0.1) is 6.61 Å². The minimum absolute atomic E-state index is 0.271. The summed E-state index contributed by atoms with van der Waals surface area (Å²) in [7, 11) is 0. The van der Waals surface area contributed by atoms with E-state index >= 15 is 0 Å². The maximum atomic E-state index is 11.2. The van der Waals surface area contributed by atoms with Gasteiger partial charge in [-0.1, -0.05) is 77.8 Å². The number of esters is 1. The highest BCUT2D eigenvalue weighted by atomic mass is 79.9. The normalized spacial score (nSPS) is 9.91. The third-order valence-corrected chi connectivity index (χ3v) is 3.22. The molecule has 0 bridgehead atoms. The molecule has 0 aromatic heterocycles. The zero-order chi connectivity index (χ0) is 16.0. The van der Waals surface area contributed by atoms with E-state index in [1.807, 2.05) is 60.7 Å². The Kier molecular flexibility index (Phi) is 9.71. The largest absolute Gasteiger partial charge is 0.463 e. The van der Waals surface area contributed by atoms with Crippen LogP contribution < -0.4 is 0 Å². The number of carbonyl (C=O) groups excluding carboxylic acids is 1. The molecule has 22 heavy (non-hydrogen) atoms. The molecule has 0 fully saturated rings. The van der Waals surface area contributed by atoms with Crippen LogP contribution in [0.5, 0.6) is 0 Å². The van der Waals surface area contributed by atoms with E-state index in [-0.39, 0.29) is 5.97 Å². The van der Waals surface area contributed by atoms with E-state index in [1.54, 1.807) is 6.08 Å². The zero-order valence-electron chi connectivity index (χ0n) is 12.7. The molecule has 0 aliphatic carbocycles. The molecular weight excluding hydrogens is 340 g/mol. The lowest BCUT2D eigenvalue weighted by Crippen LogP contribution is -2.01. The van der Waals surface area contributed by atoms with Crippen molar-refractivity contribution in [2.45, 2.75) is 19.8 Å². The van der Waals surface area contributed by atoms with Gasteiger partial charge in [0.15, 0.2) is 0 Å². The lowest BCUT2D eigenvalue weighted by molar-refractivity contribution is -0.137. The molecule has 0 amide bonds. The van der Waals surface area contributed by atoms with E-state index < -0.39 is 0 Å². The zero-order valence-corrected chi connectivity index (χ0v) is 14.3. The van der Waals surface area contributed by atoms with Crippen LogP contribution in [-0.2, 0) is 9.53 Å². The minimum Gasteiger partial charge on any atom is -0.463 e. The van der Waals surface area contributed by atoms with Crippen LogP contribution in [0, 0.1) is 0 Å². The predicted octanol–water partition coefficient (Wildman–Crippen LogP) is 5.49. The Labute approximate surface area is 141 Å². The Balaban J connectivity index is 0.000000287. The summed E-state index contributed by atoms with van der Waals surface area (Å²) in [5.74, 6) is -0.271. The van der Waals surface area contributed by atoms with Crippen LogP contribution in [-0.4, -0.2) is 12.6 Å². The van der Waals surface area contributed by atoms with E-state index in [1.165, 1.54) is 6.08 Å². The number of halogens is 1. The average molecular weight is 361 g/mol. The third-order valence-electron chi connectivity index (χ3n) is 2.69. The van der Waals surface area contributed by atoms with Gasteiger partial charge in [0.2, 0.25) is 0 Å². The number of ether oxygens (including phenoxy) is 1. The van der Waals surface area contributed by atoms with Crippen LogP contribution in [0.3, 0.4) is 0 Å². The quantitative estimate of drug-likeness (QED) is 0.400. The lowest BCUT2D eigenvalue weighted by Gasteiger charge is -1.98. The van der Waals surface area contributed by atoms with Gasteiger partial charge in [-0.3, -0.25) is 0 Å². The summed E-state index contributed by atoms with van der Waals surface area (Å²) < 4.78 is 6.11. The Morgan fingerprint density at radius 3 is 2.14 bits per heavy atom. The van der Waals surface area contributed by atoms with Gasteiger partial charge in [-0.05, 0) is 30.2 Å². The maximum absolute atomic E-state index is 11.2. The van der Waals surface area contributed by atoms with E-state index in [0.717, 1.165) is 22.9 Å². The minimum atomic E-state index is -0.271. The summed E-state index contributed by atoms with van der Waals surface area (Å²) in [6, 6.07) is 19.7. The molecule has 116 valence electrons. The average Bonchev–Trinajstić information content (AvgIpc) is 2.55. The van der Waals surface area contributed by atoms with Crippen molar-refractivity contribution in [3.63, 3.8) is 0 Å². The SMILES string of the molecule is Brc1ccccc1.CCCCOC(=O)/C=C/c1ccccc1. The van der Waals surface area contributed by atoms with Crippen LogP contribution in [0.15, 0.2) is 71.2 Å². The maximum Gasteiger partial charge on any atom is 0.330 e. The van der Waals surface area contributed by atoms with Crippen molar-refractivity contribution in [2.24, 2.45) is 0 Å². The van der Waals surface area contributed by atoms with Gasteiger partial charge < -0.3 is 4.74 Å².